The van der Waals surface area contributed by atoms with Gasteiger partial charge in [-0.25, -0.2) is 19.1 Å². The zero-order chi connectivity index (χ0) is 28.9. The van der Waals surface area contributed by atoms with Gasteiger partial charge in [-0.05, 0) is 49.9 Å². The smallest absolute Gasteiger partial charge is 0.475 e. The van der Waals surface area contributed by atoms with Gasteiger partial charge in [0.15, 0.2) is 0 Å². The van der Waals surface area contributed by atoms with Crippen LogP contribution >= 0.6 is 0 Å². The molecule has 3 amide bonds. The molecule has 10 nitrogen and oxygen atoms in total. The molecule has 2 aromatic rings. The number of hydrogen-bond acceptors (Lipinski definition) is 5. The van der Waals surface area contributed by atoms with E-state index in [1.807, 2.05) is 11.8 Å². The third-order valence-corrected chi connectivity index (χ3v) is 6.72. The number of carboxylic acid groups (broad SMARTS) is 1. The largest absolute Gasteiger partial charge is 0.490 e. The van der Waals surface area contributed by atoms with Gasteiger partial charge in [0.1, 0.15) is 5.82 Å². The molecule has 0 saturated carbocycles. The Hall–Kier alpha value is -3.97. The molecule has 212 valence electrons. The van der Waals surface area contributed by atoms with Gasteiger partial charge in [0, 0.05) is 51.3 Å². The minimum atomic E-state index is -5.08. The highest BCUT2D eigenvalue weighted by atomic mass is 19.4. The van der Waals surface area contributed by atoms with Gasteiger partial charge in [-0.2, -0.15) is 18.3 Å². The molecule has 1 aromatic carbocycles. The molecule has 0 unspecified atom stereocenters. The van der Waals surface area contributed by atoms with E-state index in [9.17, 15) is 31.9 Å². The molecule has 2 fully saturated rings. The third kappa shape index (κ3) is 7.33. The first-order valence-corrected chi connectivity index (χ1v) is 12.3. The van der Waals surface area contributed by atoms with Gasteiger partial charge in [-0.3, -0.25) is 9.59 Å². The summed E-state index contributed by atoms with van der Waals surface area (Å²) in [7, 11) is 0. The fourth-order valence-corrected chi connectivity index (χ4v) is 4.26. The van der Waals surface area contributed by atoms with Crippen LogP contribution in [0.25, 0.3) is 0 Å². The molecule has 2 aliphatic heterocycles. The van der Waals surface area contributed by atoms with E-state index in [1.54, 1.807) is 28.9 Å². The second-order valence-corrected chi connectivity index (χ2v) is 9.30. The molecule has 14 heteroatoms. The van der Waals surface area contributed by atoms with Crippen LogP contribution in [0.4, 0.5) is 22.4 Å². The number of carbonyl (C=O) groups excluding carboxylic acids is 2. The van der Waals surface area contributed by atoms with Gasteiger partial charge < -0.3 is 19.8 Å². The molecule has 4 rings (SSSR count). The monoisotopic (exact) mass is 555 g/mol. The summed E-state index contributed by atoms with van der Waals surface area (Å²) in [6.07, 6.45) is -2.64. The summed E-state index contributed by atoms with van der Waals surface area (Å²) in [6, 6.07) is 4.51. The van der Waals surface area contributed by atoms with Crippen molar-refractivity contribution in [1.29, 1.82) is 0 Å². The van der Waals surface area contributed by atoms with E-state index >= 15 is 0 Å². The van der Waals surface area contributed by atoms with Crippen LogP contribution in [-0.2, 0) is 11.2 Å². The number of nitrogens with one attached hydrogen (secondary N) is 1. The van der Waals surface area contributed by atoms with Crippen LogP contribution in [0.5, 0.6) is 0 Å². The number of hydrogen-bond donors (Lipinski definition) is 2. The van der Waals surface area contributed by atoms with Gasteiger partial charge >= 0.3 is 18.2 Å². The highest BCUT2D eigenvalue weighted by Crippen LogP contribution is 2.19. The maximum absolute atomic E-state index is 14.5. The van der Waals surface area contributed by atoms with Crippen LogP contribution in [0, 0.1) is 19.7 Å². The van der Waals surface area contributed by atoms with E-state index in [1.165, 1.54) is 6.07 Å². The number of aromatic nitrogens is 2. The van der Waals surface area contributed by atoms with Gasteiger partial charge in [0.2, 0.25) is 0 Å². The van der Waals surface area contributed by atoms with Gasteiger partial charge in [0.25, 0.3) is 11.5 Å². The number of aromatic amines is 1. The number of amides is 3. The molecular formula is C25H29F4N5O5. The van der Waals surface area contributed by atoms with Crippen molar-refractivity contribution in [1.82, 2.24) is 24.9 Å². The summed E-state index contributed by atoms with van der Waals surface area (Å²) in [4.78, 5) is 51.4. The number of piperazine rings is 1. The lowest BCUT2D eigenvalue weighted by atomic mass is 10.0. The summed E-state index contributed by atoms with van der Waals surface area (Å²) in [5.41, 5.74) is 2.57. The normalized spacial score (nSPS) is 15.6. The number of urea groups is 1. The molecule has 2 aliphatic rings. The summed E-state index contributed by atoms with van der Waals surface area (Å²) in [6.45, 7) is 6.78. The number of rotatable bonds is 3. The first kappa shape index (κ1) is 29.6. The molecule has 0 aliphatic carbocycles. The van der Waals surface area contributed by atoms with Crippen molar-refractivity contribution in [3.63, 3.8) is 0 Å². The SMILES string of the molecule is Cc1c(Cc2ccc(F)c(C(=O)N3CCN(C(=O)N4CCCC4)CC3)c2)n[nH]c(=O)c1C.O=C(O)C(F)(F)F. The molecule has 0 bridgehead atoms. The number of likely N-dealkylation sites (tertiary alicyclic amines) is 1. The van der Waals surface area contributed by atoms with Crippen LogP contribution in [0.1, 0.15) is 45.6 Å². The Labute approximate surface area is 221 Å². The van der Waals surface area contributed by atoms with Gasteiger partial charge in [-0.15, -0.1) is 0 Å². The lowest BCUT2D eigenvalue weighted by Gasteiger charge is -2.36. The molecule has 2 N–H and O–H groups in total. The van der Waals surface area contributed by atoms with Crippen molar-refractivity contribution in [3.05, 3.63) is 62.3 Å². The van der Waals surface area contributed by atoms with Crippen molar-refractivity contribution in [2.75, 3.05) is 39.3 Å². The average Bonchev–Trinajstić information content (AvgIpc) is 3.44. The highest BCUT2D eigenvalue weighted by Gasteiger charge is 2.38. The number of halogens is 4. The van der Waals surface area contributed by atoms with Crippen LogP contribution < -0.4 is 5.56 Å². The van der Waals surface area contributed by atoms with E-state index in [2.05, 4.69) is 10.2 Å². The summed E-state index contributed by atoms with van der Waals surface area (Å²) in [5, 5.41) is 13.7. The minimum Gasteiger partial charge on any atom is -0.475 e. The molecule has 39 heavy (non-hydrogen) atoms. The third-order valence-electron chi connectivity index (χ3n) is 6.72. The van der Waals surface area contributed by atoms with Crippen LogP contribution in [0.2, 0.25) is 0 Å². The van der Waals surface area contributed by atoms with E-state index < -0.39 is 18.0 Å². The Morgan fingerprint density at radius 3 is 2.05 bits per heavy atom. The number of nitrogens with zero attached hydrogens (tertiary/aromatic N) is 4. The molecule has 0 radical (unpaired) electrons. The second kappa shape index (κ2) is 12.3. The first-order valence-electron chi connectivity index (χ1n) is 12.3. The van der Waals surface area contributed by atoms with Crippen molar-refractivity contribution < 1.29 is 37.1 Å². The number of benzene rings is 1. The molecule has 1 aromatic heterocycles. The van der Waals surface area contributed by atoms with E-state index in [0.29, 0.717) is 43.9 Å². The Balaban J connectivity index is 0.000000532. The molecular weight excluding hydrogens is 526 g/mol. The number of H-pyrrole nitrogens is 1. The van der Waals surface area contributed by atoms with Crippen molar-refractivity contribution in [2.45, 2.75) is 39.3 Å². The second-order valence-electron chi connectivity index (χ2n) is 9.30. The molecule has 0 spiro atoms. The Morgan fingerprint density at radius 1 is 0.949 bits per heavy atom. The standard InChI is InChI=1S/C23H28FN5O3.C2HF3O2/c1-15-16(2)21(30)26-25-20(15)14-17-5-6-19(24)18(13-17)22(31)27-9-11-29(12-10-27)23(32)28-7-3-4-8-28;3-2(4,5)1(6)7/h5-6,13H,3-4,7-12,14H2,1-2H3,(H,26,30);(H,6,7). The van der Waals surface area contributed by atoms with Crippen LogP contribution in [0.3, 0.4) is 0 Å². The zero-order valence-electron chi connectivity index (χ0n) is 21.5. The number of carboxylic acids is 1. The number of aliphatic carboxylic acids is 1. The van der Waals surface area contributed by atoms with Gasteiger partial charge in [0.05, 0.1) is 11.3 Å². The predicted molar refractivity (Wildman–Crippen MR) is 131 cm³/mol. The molecule has 3 heterocycles. The quantitative estimate of drug-likeness (QED) is 0.561. The summed E-state index contributed by atoms with van der Waals surface area (Å²) < 4.78 is 46.3. The Kier molecular flexibility index (Phi) is 9.30. The predicted octanol–water partition coefficient (Wildman–Crippen LogP) is 2.72. The first-order chi connectivity index (χ1) is 18.3. The van der Waals surface area contributed by atoms with E-state index in [4.69, 9.17) is 9.90 Å². The van der Waals surface area contributed by atoms with Crippen LogP contribution in [0.15, 0.2) is 23.0 Å². The minimum absolute atomic E-state index is 0.0145. The van der Waals surface area contributed by atoms with Crippen LogP contribution in [-0.4, -0.2) is 93.4 Å². The van der Waals surface area contributed by atoms with Crippen molar-refractivity contribution in [2.24, 2.45) is 0 Å². The maximum Gasteiger partial charge on any atom is 0.490 e. The fraction of sp³-hybridized carbons (Fsp3) is 0.480. The highest BCUT2D eigenvalue weighted by molar-refractivity contribution is 5.95. The number of alkyl halides is 3. The molecule has 0 atom stereocenters. The van der Waals surface area contributed by atoms with Crippen molar-refractivity contribution in [3.8, 4) is 0 Å². The number of carbonyl (C=O) groups is 3. The summed E-state index contributed by atoms with van der Waals surface area (Å²) in [5.74, 6) is -3.70. The van der Waals surface area contributed by atoms with Crippen molar-refractivity contribution >= 4 is 17.9 Å². The Bertz CT molecular complexity index is 1280. The summed E-state index contributed by atoms with van der Waals surface area (Å²) >= 11 is 0. The maximum atomic E-state index is 14.5. The lowest BCUT2D eigenvalue weighted by molar-refractivity contribution is -0.192. The molecule has 2 saturated heterocycles. The zero-order valence-corrected chi connectivity index (χ0v) is 21.5. The average molecular weight is 556 g/mol. The Morgan fingerprint density at radius 2 is 1.49 bits per heavy atom. The van der Waals surface area contributed by atoms with E-state index in [0.717, 1.165) is 37.1 Å². The lowest BCUT2D eigenvalue weighted by Crippen LogP contribution is -2.53. The van der Waals surface area contributed by atoms with Gasteiger partial charge in [-0.1, -0.05) is 6.07 Å². The fourth-order valence-electron chi connectivity index (χ4n) is 4.26. The van der Waals surface area contributed by atoms with E-state index in [-0.39, 0.29) is 23.1 Å². The topological polar surface area (TPSA) is 127 Å².